The third-order valence-electron chi connectivity index (χ3n) is 3.08. The van der Waals surface area contributed by atoms with E-state index in [0.717, 1.165) is 17.8 Å². The van der Waals surface area contributed by atoms with Gasteiger partial charge in [0.25, 0.3) is 0 Å². The van der Waals surface area contributed by atoms with Crippen molar-refractivity contribution in [2.75, 3.05) is 0 Å². The standard InChI is InChI=1S/C15H13F4NO/c16-13-9-10(4-6-12(13)15(17,18)19)14(21)7-5-11-3-1-2-8-20-11/h1-4,6,8-9,14,21H,5,7H2. The Labute approximate surface area is 119 Å². The molecule has 0 bridgehead atoms. The Hall–Kier alpha value is -1.95. The predicted octanol–water partition coefficient (Wildman–Crippen LogP) is 3.91. The summed E-state index contributed by atoms with van der Waals surface area (Å²) < 4.78 is 50.7. The van der Waals surface area contributed by atoms with Crippen LogP contribution in [0.1, 0.15) is 29.3 Å². The summed E-state index contributed by atoms with van der Waals surface area (Å²) in [6.07, 6.45) is -3.46. The molecule has 0 spiro atoms. The molecule has 112 valence electrons. The lowest BCUT2D eigenvalue weighted by Gasteiger charge is -2.13. The van der Waals surface area contributed by atoms with Gasteiger partial charge in [-0.1, -0.05) is 12.1 Å². The van der Waals surface area contributed by atoms with Crippen LogP contribution in [0.5, 0.6) is 0 Å². The second-order valence-electron chi connectivity index (χ2n) is 4.61. The number of halogens is 4. The summed E-state index contributed by atoms with van der Waals surface area (Å²) in [5.41, 5.74) is -0.455. The van der Waals surface area contributed by atoms with Crippen LogP contribution in [-0.4, -0.2) is 10.1 Å². The minimum absolute atomic E-state index is 0.122. The minimum Gasteiger partial charge on any atom is -0.388 e. The molecule has 1 aromatic heterocycles. The molecule has 0 radical (unpaired) electrons. The van der Waals surface area contributed by atoms with Crippen LogP contribution in [0.15, 0.2) is 42.6 Å². The highest BCUT2D eigenvalue weighted by Gasteiger charge is 2.34. The van der Waals surface area contributed by atoms with Crippen LogP contribution in [0.25, 0.3) is 0 Å². The third kappa shape index (κ3) is 4.01. The molecule has 2 nitrogen and oxygen atoms in total. The smallest absolute Gasteiger partial charge is 0.388 e. The molecule has 1 atom stereocenters. The highest BCUT2D eigenvalue weighted by atomic mass is 19.4. The fourth-order valence-electron chi connectivity index (χ4n) is 1.97. The molecule has 1 aromatic carbocycles. The van der Waals surface area contributed by atoms with E-state index in [1.165, 1.54) is 0 Å². The Bertz CT molecular complexity index is 598. The van der Waals surface area contributed by atoms with Crippen LogP contribution in [0.3, 0.4) is 0 Å². The number of aromatic nitrogens is 1. The summed E-state index contributed by atoms with van der Waals surface area (Å²) in [6.45, 7) is 0. The molecule has 6 heteroatoms. The highest BCUT2D eigenvalue weighted by molar-refractivity contribution is 5.28. The van der Waals surface area contributed by atoms with Crippen molar-refractivity contribution in [1.82, 2.24) is 4.98 Å². The molecule has 0 aliphatic rings. The number of hydrogen-bond acceptors (Lipinski definition) is 2. The van der Waals surface area contributed by atoms with Crippen LogP contribution < -0.4 is 0 Å². The summed E-state index contributed by atoms with van der Waals surface area (Å²) >= 11 is 0. The molecule has 0 saturated heterocycles. The molecule has 1 heterocycles. The number of benzene rings is 1. The van der Waals surface area contributed by atoms with E-state index in [2.05, 4.69) is 4.98 Å². The van der Waals surface area contributed by atoms with E-state index in [-0.39, 0.29) is 12.0 Å². The van der Waals surface area contributed by atoms with Gasteiger partial charge in [0.15, 0.2) is 0 Å². The number of hydrogen-bond donors (Lipinski definition) is 1. The van der Waals surface area contributed by atoms with Crippen molar-refractivity contribution in [3.63, 3.8) is 0 Å². The highest BCUT2D eigenvalue weighted by Crippen LogP contribution is 2.32. The van der Waals surface area contributed by atoms with Crippen molar-refractivity contribution in [2.24, 2.45) is 0 Å². The fraction of sp³-hybridized carbons (Fsp3) is 0.267. The van der Waals surface area contributed by atoms with Crippen molar-refractivity contribution in [1.29, 1.82) is 0 Å². The zero-order valence-corrected chi connectivity index (χ0v) is 10.9. The Morgan fingerprint density at radius 1 is 1.14 bits per heavy atom. The van der Waals surface area contributed by atoms with Crippen LogP contribution >= 0.6 is 0 Å². The number of aliphatic hydroxyl groups is 1. The SMILES string of the molecule is OC(CCc1ccccn1)c1ccc(C(F)(F)F)c(F)c1. The third-order valence-corrected chi connectivity index (χ3v) is 3.08. The monoisotopic (exact) mass is 299 g/mol. The van der Waals surface area contributed by atoms with Crippen molar-refractivity contribution >= 4 is 0 Å². The molecule has 0 saturated carbocycles. The van der Waals surface area contributed by atoms with E-state index in [4.69, 9.17) is 0 Å². The Morgan fingerprint density at radius 2 is 1.90 bits per heavy atom. The predicted molar refractivity (Wildman–Crippen MR) is 68.9 cm³/mol. The zero-order chi connectivity index (χ0) is 15.5. The topological polar surface area (TPSA) is 33.1 Å². The largest absolute Gasteiger partial charge is 0.419 e. The van der Waals surface area contributed by atoms with Gasteiger partial charge in [0.05, 0.1) is 11.7 Å². The van der Waals surface area contributed by atoms with Crippen LogP contribution in [0.4, 0.5) is 17.6 Å². The number of rotatable bonds is 4. The van der Waals surface area contributed by atoms with Crippen LogP contribution in [0.2, 0.25) is 0 Å². The van der Waals surface area contributed by atoms with Crippen molar-refractivity contribution < 1.29 is 22.7 Å². The number of aliphatic hydroxyl groups excluding tert-OH is 1. The second kappa shape index (κ2) is 6.22. The van der Waals surface area contributed by atoms with Gasteiger partial charge in [-0.25, -0.2) is 4.39 Å². The molecular weight excluding hydrogens is 286 g/mol. The number of nitrogens with zero attached hydrogens (tertiary/aromatic N) is 1. The molecule has 0 amide bonds. The maximum atomic E-state index is 13.4. The van der Waals surface area contributed by atoms with Gasteiger partial charge in [-0.3, -0.25) is 4.98 Å². The summed E-state index contributed by atoms with van der Waals surface area (Å²) in [4.78, 5) is 4.07. The molecule has 1 unspecified atom stereocenters. The zero-order valence-electron chi connectivity index (χ0n) is 10.9. The van der Waals surface area contributed by atoms with Gasteiger partial charge >= 0.3 is 6.18 Å². The van der Waals surface area contributed by atoms with E-state index in [0.29, 0.717) is 12.5 Å². The first-order valence-electron chi connectivity index (χ1n) is 6.32. The first-order valence-corrected chi connectivity index (χ1v) is 6.32. The number of pyridine rings is 1. The number of aryl methyl sites for hydroxylation is 1. The molecule has 2 aromatic rings. The Morgan fingerprint density at radius 3 is 2.48 bits per heavy atom. The van der Waals surface area contributed by atoms with Gasteiger partial charge in [0, 0.05) is 11.9 Å². The molecule has 0 fully saturated rings. The summed E-state index contributed by atoms with van der Waals surface area (Å²) in [6, 6.07) is 7.80. The van der Waals surface area contributed by atoms with Gasteiger partial charge < -0.3 is 5.11 Å². The van der Waals surface area contributed by atoms with E-state index >= 15 is 0 Å². The lowest BCUT2D eigenvalue weighted by Crippen LogP contribution is -2.09. The minimum atomic E-state index is -4.73. The molecule has 21 heavy (non-hydrogen) atoms. The Kier molecular flexibility index (Phi) is 4.57. The first-order chi connectivity index (χ1) is 9.88. The summed E-state index contributed by atoms with van der Waals surface area (Å²) in [5, 5.41) is 9.92. The van der Waals surface area contributed by atoms with E-state index in [1.807, 2.05) is 0 Å². The quantitative estimate of drug-likeness (QED) is 0.868. The van der Waals surface area contributed by atoms with Crippen LogP contribution in [0, 0.1) is 5.82 Å². The average Bonchev–Trinajstić information content (AvgIpc) is 2.44. The lowest BCUT2D eigenvalue weighted by molar-refractivity contribution is -0.140. The molecule has 1 N–H and O–H groups in total. The van der Waals surface area contributed by atoms with E-state index in [9.17, 15) is 22.7 Å². The van der Waals surface area contributed by atoms with Gasteiger partial charge in [-0.05, 0) is 42.7 Å². The first kappa shape index (κ1) is 15.4. The van der Waals surface area contributed by atoms with Gasteiger partial charge in [-0.2, -0.15) is 13.2 Å². The lowest BCUT2D eigenvalue weighted by atomic mass is 10.0. The van der Waals surface area contributed by atoms with E-state index < -0.39 is 23.7 Å². The number of alkyl halides is 3. The van der Waals surface area contributed by atoms with E-state index in [1.54, 1.807) is 24.4 Å². The average molecular weight is 299 g/mol. The molecular formula is C15H13F4NO. The normalized spacial score (nSPS) is 13.2. The summed E-state index contributed by atoms with van der Waals surface area (Å²) in [5.74, 6) is -1.38. The molecule has 0 aliphatic carbocycles. The van der Waals surface area contributed by atoms with Crippen molar-refractivity contribution in [3.05, 3.63) is 65.2 Å². The summed E-state index contributed by atoms with van der Waals surface area (Å²) in [7, 11) is 0. The molecule has 2 rings (SSSR count). The second-order valence-corrected chi connectivity index (χ2v) is 4.61. The maximum absolute atomic E-state index is 13.4. The van der Waals surface area contributed by atoms with Crippen LogP contribution in [-0.2, 0) is 12.6 Å². The van der Waals surface area contributed by atoms with Crippen molar-refractivity contribution in [2.45, 2.75) is 25.1 Å². The Balaban J connectivity index is 2.06. The molecule has 0 aliphatic heterocycles. The van der Waals surface area contributed by atoms with Crippen molar-refractivity contribution in [3.8, 4) is 0 Å². The maximum Gasteiger partial charge on any atom is 0.419 e. The van der Waals surface area contributed by atoms with Gasteiger partial charge in [-0.15, -0.1) is 0 Å². The fourth-order valence-corrected chi connectivity index (χ4v) is 1.97. The van der Waals surface area contributed by atoms with Gasteiger partial charge in [0.2, 0.25) is 0 Å². The van der Waals surface area contributed by atoms with Gasteiger partial charge in [0.1, 0.15) is 5.82 Å².